The van der Waals surface area contributed by atoms with Crippen LogP contribution in [0.3, 0.4) is 0 Å². The summed E-state index contributed by atoms with van der Waals surface area (Å²) in [6.45, 7) is 3.55. The SMILES string of the molecule is CCC(CC)(C(=O)O)n1nnnc1-c1c(Cl)cccc1Cl. The number of benzene rings is 1. The molecule has 0 atom stereocenters. The average Bonchev–Trinajstić information content (AvgIpc) is 2.90. The lowest BCUT2D eigenvalue weighted by atomic mass is 9.92. The molecule has 0 saturated carbocycles. The van der Waals surface area contributed by atoms with Crippen molar-refractivity contribution in [3.8, 4) is 11.4 Å². The minimum absolute atomic E-state index is 0.247. The first kappa shape index (κ1) is 15.7. The molecule has 2 aromatic rings. The second kappa shape index (κ2) is 5.99. The molecule has 0 aliphatic heterocycles. The van der Waals surface area contributed by atoms with Crippen LogP contribution in [0, 0.1) is 0 Å². The number of tetrazole rings is 1. The monoisotopic (exact) mass is 328 g/mol. The fourth-order valence-electron chi connectivity index (χ4n) is 2.29. The van der Waals surface area contributed by atoms with Gasteiger partial charge in [-0.15, -0.1) is 5.10 Å². The molecule has 2 rings (SSSR count). The number of nitrogens with zero attached hydrogens (tertiary/aromatic N) is 4. The van der Waals surface area contributed by atoms with Gasteiger partial charge in [0.05, 0.1) is 15.6 Å². The minimum Gasteiger partial charge on any atom is -0.479 e. The van der Waals surface area contributed by atoms with Crippen LogP contribution in [0.4, 0.5) is 0 Å². The zero-order valence-electron chi connectivity index (χ0n) is 11.5. The van der Waals surface area contributed by atoms with Gasteiger partial charge in [-0.25, -0.2) is 9.48 Å². The highest BCUT2D eigenvalue weighted by atomic mass is 35.5. The van der Waals surface area contributed by atoms with Crippen LogP contribution in [0.15, 0.2) is 18.2 Å². The van der Waals surface area contributed by atoms with Gasteiger partial charge in [-0.1, -0.05) is 43.1 Å². The van der Waals surface area contributed by atoms with Crippen molar-refractivity contribution in [1.82, 2.24) is 20.2 Å². The van der Waals surface area contributed by atoms with Crippen LogP contribution in [-0.2, 0) is 10.3 Å². The van der Waals surface area contributed by atoms with Crippen molar-refractivity contribution in [2.24, 2.45) is 0 Å². The number of rotatable bonds is 5. The number of aromatic nitrogens is 4. The van der Waals surface area contributed by atoms with Crippen molar-refractivity contribution in [2.75, 3.05) is 0 Å². The molecule has 0 unspecified atom stereocenters. The van der Waals surface area contributed by atoms with E-state index in [2.05, 4.69) is 15.5 Å². The van der Waals surface area contributed by atoms with Gasteiger partial charge in [0.15, 0.2) is 11.4 Å². The largest absolute Gasteiger partial charge is 0.479 e. The van der Waals surface area contributed by atoms with Gasteiger partial charge in [-0.2, -0.15) is 0 Å². The van der Waals surface area contributed by atoms with Gasteiger partial charge < -0.3 is 5.11 Å². The first-order valence-electron chi connectivity index (χ1n) is 6.44. The Morgan fingerprint density at radius 2 is 1.86 bits per heavy atom. The van der Waals surface area contributed by atoms with Crippen molar-refractivity contribution in [1.29, 1.82) is 0 Å². The summed E-state index contributed by atoms with van der Waals surface area (Å²) in [6.07, 6.45) is 0.665. The topological polar surface area (TPSA) is 80.9 Å². The lowest BCUT2D eigenvalue weighted by Gasteiger charge is -2.27. The predicted octanol–water partition coefficient (Wildman–Crippen LogP) is 3.25. The summed E-state index contributed by atoms with van der Waals surface area (Å²) in [7, 11) is 0. The molecule has 0 saturated heterocycles. The second-order valence-corrected chi connectivity index (χ2v) is 5.37. The first-order valence-corrected chi connectivity index (χ1v) is 7.20. The van der Waals surface area contributed by atoms with E-state index in [1.807, 2.05) is 0 Å². The zero-order chi connectivity index (χ0) is 15.6. The van der Waals surface area contributed by atoms with Crippen molar-refractivity contribution in [2.45, 2.75) is 32.2 Å². The zero-order valence-corrected chi connectivity index (χ0v) is 13.1. The number of halogens is 2. The van der Waals surface area contributed by atoms with Crippen molar-refractivity contribution < 1.29 is 9.90 Å². The van der Waals surface area contributed by atoms with E-state index >= 15 is 0 Å². The van der Waals surface area contributed by atoms with E-state index in [1.54, 1.807) is 32.0 Å². The number of aliphatic carboxylic acids is 1. The molecule has 0 radical (unpaired) electrons. The third-order valence-corrected chi connectivity index (χ3v) is 4.26. The molecule has 1 aromatic carbocycles. The summed E-state index contributed by atoms with van der Waals surface area (Å²) in [5.41, 5.74) is -0.806. The molecule has 0 bridgehead atoms. The number of hydrogen-bond acceptors (Lipinski definition) is 4. The Labute approximate surface area is 131 Å². The molecule has 1 aromatic heterocycles. The minimum atomic E-state index is -1.23. The Morgan fingerprint density at radius 3 is 2.33 bits per heavy atom. The molecule has 1 heterocycles. The second-order valence-electron chi connectivity index (χ2n) is 4.55. The van der Waals surface area contributed by atoms with Crippen LogP contribution in [0.1, 0.15) is 26.7 Å². The van der Waals surface area contributed by atoms with E-state index in [9.17, 15) is 9.90 Å². The third-order valence-electron chi connectivity index (χ3n) is 3.63. The highest BCUT2D eigenvalue weighted by molar-refractivity contribution is 6.39. The highest BCUT2D eigenvalue weighted by Gasteiger charge is 2.41. The fourth-order valence-corrected chi connectivity index (χ4v) is 2.85. The first-order chi connectivity index (χ1) is 9.97. The quantitative estimate of drug-likeness (QED) is 0.911. The van der Waals surface area contributed by atoms with Gasteiger partial charge in [-0.05, 0) is 35.4 Å². The summed E-state index contributed by atoms with van der Waals surface area (Å²) in [5, 5.41) is 21.8. The Hall–Kier alpha value is -1.66. The molecular formula is C13H14Cl2N4O2. The molecular weight excluding hydrogens is 315 g/mol. The van der Waals surface area contributed by atoms with Crippen LogP contribution in [0.2, 0.25) is 10.0 Å². The lowest BCUT2D eigenvalue weighted by molar-refractivity contribution is -0.148. The molecule has 0 spiro atoms. The number of carbonyl (C=O) groups is 1. The van der Waals surface area contributed by atoms with Crippen LogP contribution in [-0.4, -0.2) is 31.3 Å². The van der Waals surface area contributed by atoms with Crippen LogP contribution >= 0.6 is 23.2 Å². The highest BCUT2D eigenvalue weighted by Crippen LogP contribution is 2.36. The van der Waals surface area contributed by atoms with Crippen LogP contribution in [0.5, 0.6) is 0 Å². The van der Waals surface area contributed by atoms with Gasteiger partial charge in [0.25, 0.3) is 0 Å². The molecule has 0 aliphatic rings. The summed E-state index contributed by atoms with van der Waals surface area (Å²) in [4.78, 5) is 11.8. The Bertz CT molecular complexity index is 648. The van der Waals surface area contributed by atoms with Gasteiger partial charge in [0.1, 0.15) is 0 Å². The Morgan fingerprint density at radius 1 is 1.29 bits per heavy atom. The smallest absolute Gasteiger partial charge is 0.331 e. The molecule has 0 fully saturated rings. The maximum Gasteiger partial charge on any atom is 0.331 e. The van der Waals surface area contributed by atoms with Gasteiger partial charge in [0.2, 0.25) is 0 Å². The van der Waals surface area contributed by atoms with Crippen molar-refractivity contribution in [3.05, 3.63) is 28.2 Å². The molecule has 6 nitrogen and oxygen atoms in total. The summed E-state index contributed by atoms with van der Waals surface area (Å²) < 4.78 is 1.29. The normalized spacial score (nSPS) is 11.6. The Balaban J connectivity index is 2.71. The van der Waals surface area contributed by atoms with Gasteiger partial charge >= 0.3 is 5.97 Å². The standard InChI is InChI=1S/C13H14Cl2N4O2/c1-3-13(4-2,12(20)21)19-11(16-17-18-19)10-8(14)6-5-7-9(10)15/h5-7H,3-4H2,1-2H3,(H,20,21). The van der Waals surface area contributed by atoms with E-state index in [-0.39, 0.29) is 5.82 Å². The van der Waals surface area contributed by atoms with Crippen LogP contribution in [0.25, 0.3) is 11.4 Å². The maximum atomic E-state index is 11.8. The van der Waals surface area contributed by atoms with Crippen molar-refractivity contribution >= 4 is 29.2 Å². The van der Waals surface area contributed by atoms with Gasteiger partial charge in [-0.3, -0.25) is 0 Å². The molecule has 8 heteroatoms. The molecule has 0 amide bonds. The summed E-state index contributed by atoms with van der Waals surface area (Å²) >= 11 is 12.3. The molecule has 112 valence electrons. The lowest BCUT2D eigenvalue weighted by Crippen LogP contribution is -2.42. The van der Waals surface area contributed by atoms with E-state index in [4.69, 9.17) is 23.2 Å². The number of hydrogen-bond donors (Lipinski definition) is 1. The molecule has 1 N–H and O–H groups in total. The average molecular weight is 329 g/mol. The Kier molecular flexibility index (Phi) is 4.49. The summed E-state index contributed by atoms with van der Waals surface area (Å²) in [6, 6.07) is 5.01. The summed E-state index contributed by atoms with van der Waals surface area (Å²) in [5.74, 6) is -0.749. The van der Waals surface area contributed by atoms with Crippen molar-refractivity contribution in [3.63, 3.8) is 0 Å². The van der Waals surface area contributed by atoms with E-state index in [0.717, 1.165) is 0 Å². The predicted molar refractivity (Wildman–Crippen MR) is 79.5 cm³/mol. The number of carboxylic acid groups (broad SMARTS) is 1. The fraction of sp³-hybridized carbons (Fsp3) is 0.385. The molecule has 0 aliphatic carbocycles. The maximum absolute atomic E-state index is 11.8. The van der Waals surface area contributed by atoms with E-state index in [1.165, 1.54) is 4.68 Å². The van der Waals surface area contributed by atoms with Gasteiger partial charge in [0, 0.05) is 0 Å². The van der Waals surface area contributed by atoms with Crippen LogP contribution < -0.4 is 0 Å². The number of carboxylic acids is 1. The third kappa shape index (κ3) is 2.49. The molecule has 21 heavy (non-hydrogen) atoms. The van der Waals surface area contributed by atoms with E-state index < -0.39 is 11.5 Å². The van der Waals surface area contributed by atoms with E-state index in [0.29, 0.717) is 28.5 Å².